The van der Waals surface area contributed by atoms with Crippen LogP contribution in [0.4, 0.5) is 0 Å². The van der Waals surface area contributed by atoms with E-state index in [0.717, 1.165) is 5.69 Å². The normalized spacial score (nSPS) is 11.4. The Morgan fingerprint density at radius 1 is 1.26 bits per heavy atom. The molecular weight excluding hydrogens is 262 g/mol. The molecule has 0 saturated heterocycles. The van der Waals surface area contributed by atoms with Gasteiger partial charge in [0.15, 0.2) is 0 Å². The van der Waals surface area contributed by atoms with Crippen LogP contribution in [0.5, 0.6) is 0 Å². The first-order valence-electron chi connectivity index (χ1n) is 5.99. The van der Waals surface area contributed by atoms with Crippen LogP contribution in [0.3, 0.4) is 0 Å². The lowest BCUT2D eigenvalue weighted by Gasteiger charge is -2.18. The molecule has 0 aromatic carbocycles. The maximum atomic E-state index is 12.1. The van der Waals surface area contributed by atoms with Gasteiger partial charge in [-0.1, -0.05) is 32.4 Å². The van der Waals surface area contributed by atoms with E-state index >= 15 is 0 Å². The third kappa shape index (κ3) is 3.35. The van der Waals surface area contributed by atoms with Gasteiger partial charge in [0, 0.05) is 29.1 Å². The van der Waals surface area contributed by atoms with Gasteiger partial charge in [-0.25, -0.2) is 4.98 Å². The van der Waals surface area contributed by atoms with Crippen LogP contribution >= 0.6 is 11.6 Å². The molecule has 5 heteroatoms. The third-order valence-corrected chi connectivity index (χ3v) is 2.85. The van der Waals surface area contributed by atoms with Gasteiger partial charge in [0.25, 0.3) is 5.91 Å². The molecule has 1 N–H and O–H groups in total. The van der Waals surface area contributed by atoms with Crippen molar-refractivity contribution in [2.24, 2.45) is 0 Å². The van der Waals surface area contributed by atoms with E-state index in [1.165, 1.54) is 0 Å². The number of hydrogen-bond donors (Lipinski definition) is 1. The first kappa shape index (κ1) is 13.6. The fourth-order valence-corrected chi connectivity index (χ4v) is 1.81. The second kappa shape index (κ2) is 5.05. The van der Waals surface area contributed by atoms with Gasteiger partial charge in [-0.05, 0) is 24.3 Å². The van der Waals surface area contributed by atoms with Crippen LogP contribution < -0.4 is 5.43 Å². The molecule has 100 valence electrons. The summed E-state index contributed by atoms with van der Waals surface area (Å²) in [6, 6.07) is 7.00. The number of aromatic nitrogens is 2. The summed E-state index contributed by atoms with van der Waals surface area (Å²) in [6.45, 7) is 6.08. The second-order valence-electron chi connectivity index (χ2n) is 5.35. The zero-order valence-corrected chi connectivity index (χ0v) is 11.9. The predicted molar refractivity (Wildman–Crippen MR) is 76.1 cm³/mol. The van der Waals surface area contributed by atoms with E-state index < -0.39 is 0 Å². The summed E-state index contributed by atoms with van der Waals surface area (Å²) >= 11 is 5.98. The highest BCUT2D eigenvalue weighted by atomic mass is 35.5. The van der Waals surface area contributed by atoms with Crippen molar-refractivity contribution in [1.82, 2.24) is 9.66 Å². The minimum Gasteiger partial charge on any atom is -0.268 e. The molecule has 19 heavy (non-hydrogen) atoms. The largest absolute Gasteiger partial charge is 0.270 e. The van der Waals surface area contributed by atoms with E-state index in [4.69, 9.17) is 11.6 Å². The summed E-state index contributed by atoms with van der Waals surface area (Å²) in [6.07, 6.45) is 3.51. The Labute approximate surface area is 117 Å². The van der Waals surface area contributed by atoms with Gasteiger partial charge in [0.1, 0.15) is 5.15 Å². The van der Waals surface area contributed by atoms with E-state index in [9.17, 15) is 4.79 Å². The molecule has 4 nitrogen and oxygen atoms in total. The van der Waals surface area contributed by atoms with Gasteiger partial charge in [-0.15, -0.1) is 0 Å². The monoisotopic (exact) mass is 277 g/mol. The summed E-state index contributed by atoms with van der Waals surface area (Å²) in [5.41, 5.74) is 3.86. The standard InChI is InChI=1S/C14H16ClN3O/c1-14(2,3)11-8-10(9-12(15)16-11)13(19)17-18-6-4-5-7-18/h4-9H,1-3H3,(H,17,19). The molecule has 1 amide bonds. The number of nitrogens with one attached hydrogen (secondary N) is 1. The molecule has 0 aliphatic carbocycles. The topological polar surface area (TPSA) is 46.9 Å². The van der Waals surface area contributed by atoms with Crippen molar-refractivity contribution in [3.63, 3.8) is 0 Å². The number of pyridine rings is 1. The number of hydrogen-bond acceptors (Lipinski definition) is 2. The molecule has 0 aliphatic heterocycles. The molecule has 2 heterocycles. The number of halogens is 1. The Hall–Kier alpha value is -1.81. The summed E-state index contributed by atoms with van der Waals surface area (Å²) in [5.74, 6) is -0.217. The number of carbonyl (C=O) groups excluding carboxylic acids is 1. The highest BCUT2D eigenvalue weighted by Crippen LogP contribution is 2.23. The summed E-state index contributed by atoms with van der Waals surface area (Å²) in [4.78, 5) is 16.4. The maximum Gasteiger partial charge on any atom is 0.270 e. The molecule has 0 radical (unpaired) electrons. The molecular formula is C14H16ClN3O. The number of nitrogens with zero attached hydrogens (tertiary/aromatic N) is 2. The summed E-state index contributed by atoms with van der Waals surface area (Å²) < 4.78 is 1.59. The van der Waals surface area contributed by atoms with Crippen LogP contribution in [0.2, 0.25) is 5.15 Å². The lowest BCUT2D eigenvalue weighted by molar-refractivity contribution is 0.101. The van der Waals surface area contributed by atoms with Gasteiger partial charge >= 0.3 is 0 Å². The Balaban J connectivity index is 2.29. The first-order chi connectivity index (χ1) is 8.86. The molecule has 0 spiro atoms. The second-order valence-corrected chi connectivity index (χ2v) is 5.73. The Bertz CT molecular complexity index is 585. The van der Waals surface area contributed by atoms with Crippen molar-refractivity contribution in [3.8, 4) is 0 Å². The van der Waals surface area contributed by atoms with Gasteiger partial charge < -0.3 is 0 Å². The first-order valence-corrected chi connectivity index (χ1v) is 6.36. The quantitative estimate of drug-likeness (QED) is 0.857. The molecule has 0 unspecified atom stereocenters. The Morgan fingerprint density at radius 3 is 2.47 bits per heavy atom. The van der Waals surface area contributed by atoms with Crippen molar-refractivity contribution in [1.29, 1.82) is 0 Å². The smallest absolute Gasteiger partial charge is 0.268 e. The summed E-state index contributed by atoms with van der Waals surface area (Å²) in [7, 11) is 0. The van der Waals surface area contributed by atoms with E-state index in [1.807, 2.05) is 32.9 Å². The molecule has 2 aromatic rings. The Morgan fingerprint density at radius 2 is 1.89 bits per heavy atom. The van der Waals surface area contributed by atoms with Crippen molar-refractivity contribution < 1.29 is 4.79 Å². The van der Waals surface area contributed by atoms with Crippen LogP contribution in [-0.4, -0.2) is 15.6 Å². The van der Waals surface area contributed by atoms with E-state index in [0.29, 0.717) is 10.7 Å². The van der Waals surface area contributed by atoms with Crippen LogP contribution in [0.25, 0.3) is 0 Å². The van der Waals surface area contributed by atoms with Crippen molar-refractivity contribution in [2.45, 2.75) is 26.2 Å². The minimum atomic E-state index is -0.217. The maximum absolute atomic E-state index is 12.1. The molecule has 2 rings (SSSR count). The van der Waals surface area contributed by atoms with Gasteiger partial charge in [-0.2, -0.15) is 0 Å². The van der Waals surface area contributed by atoms with Gasteiger partial charge in [-0.3, -0.25) is 14.9 Å². The van der Waals surface area contributed by atoms with Gasteiger partial charge in [0.05, 0.1) is 0 Å². The highest BCUT2D eigenvalue weighted by molar-refractivity contribution is 6.29. The average Bonchev–Trinajstić information content (AvgIpc) is 2.79. The van der Waals surface area contributed by atoms with Crippen LogP contribution in [0.1, 0.15) is 36.8 Å². The third-order valence-electron chi connectivity index (χ3n) is 2.66. The lowest BCUT2D eigenvalue weighted by atomic mass is 9.91. The number of amides is 1. The molecule has 0 atom stereocenters. The predicted octanol–water partition coefficient (Wildman–Crippen LogP) is 3.22. The van der Waals surface area contributed by atoms with Crippen molar-refractivity contribution in [3.05, 3.63) is 53.1 Å². The molecule has 0 fully saturated rings. The lowest BCUT2D eigenvalue weighted by Crippen LogP contribution is -2.23. The van der Waals surface area contributed by atoms with E-state index in [2.05, 4.69) is 10.4 Å². The van der Waals surface area contributed by atoms with Crippen LogP contribution in [0, 0.1) is 0 Å². The zero-order valence-electron chi connectivity index (χ0n) is 11.1. The fourth-order valence-electron chi connectivity index (χ4n) is 1.60. The Kier molecular flexibility index (Phi) is 3.62. The zero-order chi connectivity index (χ0) is 14.0. The molecule has 0 bridgehead atoms. The number of rotatable bonds is 2. The fraction of sp³-hybridized carbons (Fsp3) is 0.286. The van der Waals surface area contributed by atoms with Crippen LogP contribution in [0.15, 0.2) is 36.7 Å². The van der Waals surface area contributed by atoms with Gasteiger partial charge in [0.2, 0.25) is 0 Å². The molecule has 2 aromatic heterocycles. The minimum absolute atomic E-state index is 0.159. The SMILES string of the molecule is CC(C)(C)c1cc(C(=O)Nn2cccc2)cc(Cl)n1. The van der Waals surface area contributed by atoms with E-state index in [-0.39, 0.29) is 11.3 Å². The van der Waals surface area contributed by atoms with Crippen LogP contribution in [-0.2, 0) is 5.41 Å². The van der Waals surface area contributed by atoms with Crippen molar-refractivity contribution >= 4 is 17.5 Å². The summed E-state index contributed by atoms with van der Waals surface area (Å²) in [5, 5.41) is 0.324. The average molecular weight is 278 g/mol. The van der Waals surface area contributed by atoms with E-state index in [1.54, 1.807) is 29.2 Å². The number of carbonyl (C=O) groups is 1. The van der Waals surface area contributed by atoms with Crippen molar-refractivity contribution in [2.75, 3.05) is 5.43 Å². The molecule has 0 aliphatic rings. The molecule has 0 saturated carbocycles. The highest BCUT2D eigenvalue weighted by Gasteiger charge is 2.19.